The number of carbonyl (C=O) groups excluding carboxylic acids is 1. The minimum atomic E-state index is -0.113. The fourth-order valence-electron chi connectivity index (χ4n) is 3.20. The van der Waals surface area contributed by atoms with Crippen molar-refractivity contribution in [3.8, 4) is 11.5 Å². The quantitative estimate of drug-likeness (QED) is 0.534. The second kappa shape index (κ2) is 9.79. The lowest BCUT2D eigenvalue weighted by molar-refractivity contribution is 0.0950. The van der Waals surface area contributed by atoms with Crippen molar-refractivity contribution < 1.29 is 14.3 Å². The van der Waals surface area contributed by atoms with Crippen LogP contribution < -0.4 is 14.8 Å². The Labute approximate surface area is 166 Å². The van der Waals surface area contributed by atoms with Crippen molar-refractivity contribution in [3.05, 3.63) is 71.8 Å². The van der Waals surface area contributed by atoms with Crippen LogP contribution in [0.1, 0.15) is 35.7 Å². The molecule has 0 aromatic heterocycles. The zero-order chi connectivity index (χ0) is 19.8. The monoisotopic (exact) mass is 377 g/mol. The molecular formula is C24H27NO3. The number of benzene rings is 3. The Morgan fingerprint density at radius 3 is 2.43 bits per heavy atom. The van der Waals surface area contributed by atoms with Gasteiger partial charge in [0.25, 0.3) is 5.91 Å². The summed E-state index contributed by atoms with van der Waals surface area (Å²) >= 11 is 0. The topological polar surface area (TPSA) is 47.6 Å². The Bertz CT molecular complexity index is 936. The van der Waals surface area contributed by atoms with Gasteiger partial charge in [-0.3, -0.25) is 4.79 Å². The highest BCUT2D eigenvalue weighted by Gasteiger charge is 2.13. The van der Waals surface area contributed by atoms with Crippen molar-refractivity contribution in [1.82, 2.24) is 5.32 Å². The largest absolute Gasteiger partial charge is 0.496 e. The third kappa shape index (κ3) is 4.83. The van der Waals surface area contributed by atoms with E-state index < -0.39 is 0 Å². The van der Waals surface area contributed by atoms with Crippen molar-refractivity contribution in [2.24, 2.45) is 0 Å². The van der Waals surface area contributed by atoms with Crippen LogP contribution in [0.4, 0.5) is 0 Å². The lowest BCUT2D eigenvalue weighted by atomic mass is 10.0. The Kier molecular flexibility index (Phi) is 6.90. The third-order valence-electron chi connectivity index (χ3n) is 4.66. The minimum Gasteiger partial charge on any atom is -0.496 e. The number of ether oxygens (including phenoxy) is 2. The summed E-state index contributed by atoms with van der Waals surface area (Å²) in [6.45, 7) is 3.41. The molecule has 1 amide bonds. The average Bonchev–Trinajstić information content (AvgIpc) is 2.74. The van der Waals surface area contributed by atoms with E-state index in [-0.39, 0.29) is 5.91 Å². The number of para-hydroxylation sites is 1. The molecule has 1 N–H and O–H groups in total. The van der Waals surface area contributed by atoms with Gasteiger partial charge in [-0.2, -0.15) is 0 Å². The van der Waals surface area contributed by atoms with Crippen molar-refractivity contribution >= 4 is 16.7 Å². The Morgan fingerprint density at radius 2 is 1.68 bits per heavy atom. The smallest absolute Gasteiger partial charge is 0.255 e. The molecule has 0 aliphatic carbocycles. The van der Waals surface area contributed by atoms with E-state index in [1.807, 2.05) is 54.6 Å². The number of methoxy groups -OCH3 is 1. The average molecular weight is 377 g/mol. The van der Waals surface area contributed by atoms with Gasteiger partial charge >= 0.3 is 0 Å². The molecule has 4 heteroatoms. The molecular weight excluding hydrogens is 350 g/mol. The summed E-state index contributed by atoms with van der Waals surface area (Å²) in [5.41, 5.74) is 1.74. The van der Waals surface area contributed by atoms with Crippen LogP contribution in [-0.2, 0) is 6.42 Å². The summed E-state index contributed by atoms with van der Waals surface area (Å²) in [5, 5.41) is 5.09. The Balaban J connectivity index is 1.60. The predicted octanol–water partition coefficient (Wildman–Crippen LogP) is 5.00. The standard InChI is InChI=1S/C24H27NO3/c1-3-15-28-22-13-7-6-9-18(22)12-8-14-25-24(26)21-16-19-10-4-5-11-20(19)17-23(21)27-2/h4-7,9-11,13,16-17H,3,8,12,14-15H2,1-2H3,(H,25,26). The van der Waals surface area contributed by atoms with Crippen molar-refractivity contribution in [1.29, 1.82) is 0 Å². The van der Waals surface area contributed by atoms with Gasteiger partial charge in [0.1, 0.15) is 11.5 Å². The molecule has 0 atom stereocenters. The fourth-order valence-corrected chi connectivity index (χ4v) is 3.20. The van der Waals surface area contributed by atoms with E-state index in [4.69, 9.17) is 9.47 Å². The molecule has 0 bridgehead atoms. The Hall–Kier alpha value is -3.01. The molecule has 3 aromatic rings. The zero-order valence-corrected chi connectivity index (χ0v) is 16.5. The van der Waals surface area contributed by atoms with Gasteiger partial charge in [-0.1, -0.05) is 49.4 Å². The van der Waals surface area contributed by atoms with E-state index in [0.717, 1.165) is 42.4 Å². The number of aryl methyl sites for hydroxylation is 1. The van der Waals surface area contributed by atoms with E-state index in [1.165, 1.54) is 5.56 Å². The van der Waals surface area contributed by atoms with Gasteiger partial charge in [0, 0.05) is 6.54 Å². The first kappa shape index (κ1) is 19.7. The molecule has 3 aromatic carbocycles. The van der Waals surface area contributed by atoms with Crippen LogP contribution in [0, 0.1) is 0 Å². The second-order valence-corrected chi connectivity index (χ2v) is 6.72. The van der Waals surface area contributed by atoms with Crippen LogP contribution in [-0.4, -0.2) is 26.2 Å². The minimum absolute atomic E-state index is 0.113. The summed E-state index contributed by atoms with van der Waals surface area (Å²) in [4.78, 5) is 12.7. The highest BCUT2D eigenvalue weighted by Crippen LogP contribution is 2.26. The summed E-state index contributed by atoms with van der Waals surface area (Å²) in [6.07, 6.45) is 2.68. The van der Waals surface area contributed by atoms with Gasteiger partial charge in [0.15, 0.2) is 0 Å². The van der Waals surface area contributed by atoms with Crippen LogP contribution in [0.3, 0.4) is 0 Å². The highest BCUT2D eigenvalue weighted by atomic mass is 16.5. The van der Waals surface area contributed by atoms with Crippen LogP contribution in [0.2, 0.25) is 0 Å². The number of hydrogen-bond donors (Lipinski definition) is 1. The van der Waals surface area contributed by atoms with Crippen molar-refractivity contribution in [3.63, 3.8) is 0 Å². The zero-order valence-electron chi connectivity index (χ0n) is 16.5. The number of carbonyl (C=O) groups is 1. The lowest BCUT2D eigenvalue weighted by Crippen LogP contribution is -2.25. The molecule has 0 aliphatic rings. The molecule has 3 rings (SSSR count). The molecule has 0 saturated carbocycles. The van der Waals surface area contributed by atoms with E-state index in [9.17, 15) is 4.79 Å². The van der Waals surface area contributed by atoms with Gasteiger partial charge in [-0.15, -0.1) is 0 Å². The van der Waals surface area contributed by atoms with Gasteiger partial charge in [0.2, 0.25) is 0 Å². The molecule has 28 heavy (non-hydrogen) atoms. The number of amides is 1. The first-order valence-electron chi connectivity index (χ1n) is 9.78. The first-order chi connectivity index (χ1) is 13.7. The molecule has 0 spiro atoms. The maximum Gasteiger partial charge on any atom is 0.255 e. The molecule has 146 valence electrons. The lowest BCUT2D eigenvalue weighted by Gasteiger charge is -2.12. The SMILES string of the molecule is CCCOc1ccccc1CCCNC(=O)c1cc2ccccc2cc1OC. The summed E-state index contributed by atoms with van der Waals surface area (Å²) in [7, 11) is 1.59. The maximum absolute atomic E-state index is 12.7. The molecule has 0 saturated heterocycles. The Morgan fingerprint density at radius 1 is 0.964 bits per heavy atom. The predicted molar refractivity (Wildman–Crippen MR) is 113 cm³/mol. The van der Waals surface area contributed by atoms with Gasteiger partial charge in [-0.25, -0.2) is 0 Å². The second-order valence-electron chi connectivity index (χ2n) is 6.72. The van der Waals surface area contributed by atoms with E-state index in [0.29, 0.717) is 17.9 Å². The first-order valence-corrected chi connectivity index (χ1v) is 9.78. The number of fused-ring (bicyclic) bond motifs is 1. The molecule has 0 radical (unpaired) electrons. The van der Waals surface area contributed by atoms with Crippen LogP contribution in [0.15, 0.2) is 60.7 Å². The summed E-state index contributed by atoms with van der Waals surface area (Å²) in [5.74, 6) is 1.42. The molecule has 0 heterocycles. The number of nitrogens with one attached hydrogen (secondary N) is 1. The highest BCUT2D eigenvalue weighted by molar-refractivity contribution is 6.01. The molecule has 0 unspecified atom stereocenters. The summed E-state index contributed by atoms with van der Waals surface area (Å²) < 4.78 is 11.2. The summed E-state index contributed by atoms with van der Waals surface area (Å²) in [6, 6.07) is 19.8. The van der Waals surface area contributed by atoms with E-state index in [1.54, 1.807) is 7.11 Å². The number of hydrogen-bond acceptors (Lipinski definition) is 3. The van der Waals surface area contributed by atoms with Crippen LogP contribution in [0.25, 0.3) is 10.8 Å². The van der Waals surface area contributed by atoms with Crippen LogP contribution >= 0.6 is 0 Å². The molecule has 0 fully saturated rings. The van der Waals surface area contributed by atoms with Crippen molar-refractivity contribution in [2.45, 2.75) is 26.2 Å². The molecule has 0 aliphatic heterocycles. The number of rotatable bonds is 9. The maximum atomic E-state index is 12.7. The van der Waals surface area contributed by atoms with E-state index >= 15 is 0 Å². The van der Waals surface area contributed by atoms with Gasteiger partial charge in [-0.05, 0) is 53.8 Å². The van der Waals surface area contributed by atoms with Gasteiger partial charge in [0.05, 0.1) is 19.3 Å². The van der Waals surface area contributed by atoms with E-state index in [2.05, 4.69) is 18.3 Å². The van der Waals surface area contributed by atoms with Crippen molar-refractivity contribution in [2.75, 3.05) is 20.3 Å². The third-order valence-corrected chi connectivity index (χ3v) is 4.66. The molecule has 4 nitrogen and oxygen atoms in total. The van der Waals surface area contributed by atoms with Crippen LogP contribution in [0.5, 0.6) is 11.5 Å². The normalized spacial score (nSPS) is 10.6. The fraction of sp³-hybridized carbons (Fsp3) is 0.292. The van der Waals surface area contributed by atoms with Gasteiger partial charge < -0.3 is 14.8 Å².